The highest BCUT2D eigenvalue weighted by Gasteiger charge is 2.19. The van der Waals surface area contributed by atoms with Crippen LogP contribution < -0.4 is 0 Å². The van der Waals surface area contributed by atoms with E-state index in [9.17, 15) is 14.4 Å². The minimum Gasteiger partial charge on any atom is -0.462 e. The number of carbonyl (C=O) groups excluding carboxylic acids is 3. The first-order chi connectivity index (χ1) is 34.5. The summed E-state index contributed by atoms with van der Waals surface area (Å²) in [6, 6.07) is 0. The average molecular weight is 982 g/mol. The Morgan fingerprint density at radius 1 is 0.300 bits per heavy atom. The predicted molar refractivity (Wildman–Crippen MR) is 302 cm³/mol. The summed E-state index contributed by atoms with van der Waals surface area (Å²) in [6.07, 6.45) is 72.5. The Labute approximate surface area is 435 Å². The van der Waals surface area contributed by atoms with Gasteiger partial charge in [0, 0.05) is 19.3 Å². The third kappa shape index (κ3) is 56.3. The van der Waals surface area contributed by atoms with Crippen LogP contribution in [0.4, 0.5) is 0 Å². The lowest BCUT2D eigenvalue weighted by Crippen LogP contribution is -2.30. The summed E-state index contributed by atoms with van der Waals surface area (Å²) in [4.78, 5) is 38.2. The Balaban J connectivity index is 4.34. The van der Waals surface area contributed by atoms with Crippen LogP contribution in [0.25, 0.3) is 0 Å². The van der Waals surface area contributed by atoms with Crippen LogP contribution in [-0.4, -0.2) is 37.2 Å². The quantitative estimate of drug-likeness (QED) is 0.0261. The van der Waals surface area contributed by atoms with E-state index in [-0.39, 0.29) is 31.1 Å². The largest absolute Gasteiger partial charge is 0.462 e. The molecule has 0 bridgehead atoms. The van der Waals surface area contributed by atoms with Crippen molar-refractivity contribution in [1.29, 1.82) is 0 Å². The molecule has 1 atom stereocenters. The molecule has 0 fully saturated rings. The van der Waals surface area contributed by atoms with Gasteiger partial charge in [0.05, 0.1) is 0 Å². The van der Waals surface area contributed by atoms with Crippen molar-refractivity contribution in [2.45, 2.75) is 329 Å². The van der Waals surface area contributed by atoms with E-state index in [1.165, 1.54) is 193 Å². The zero-order valence-electron chi connectivity index (χ0n) is 46.8. The topological polar surface area (TPSA) is 78.9 Å². The summed E-state index contributed by atoms with van der Waals surface area (Å²) in [5.74, 6) is -0.866. The Kier molecular flexibility index (Phi) is 56.7. The van der Waals surface area contributed by atoms with Crippen molar-refractivity contribution < 1.29 is 28.6 Å². The summed E-state index contributed by atoms with van der Waals surface area (Å²) in [5.41, 5.74) is 0. The summed E-state index contributed by atoms with van der Waals surface area (Å²) < 4.78 is 16.9. The highest BCUT2D eigenvalue weighted by Crippen LogP contribution is 2.17. The molecule has 1 unspecified atom stereocenters. The summed E-state index contributed by atoms with van der Waals surface area (Å²) in [7, 11) is 0. The molecular weight excluding hydrogens is 865 g/mol. The maximum Gasteiger partial charge on any atom is 0.306 e. The van der Waals surface area contributed by atoms with E-state index in [4.69, 9.17) is 14.2 Å². The predicted octanol–water partition coefficient (Wildman–Crippen LogP) is 20.6. The maximum atomic E-state index is 12.9. The average Bonchev–Trinajstić information content (AvgIpc) is 3.36. The van der Waals surface area contributed by atoms with Gasteiger partial charge < -0.3 is 14.2 Å². The summed E-state index contributed by atoms with van der Waals surface area (Å²) in [6.45, 7) is 6.57. The molecule has 0 radical (unpaired) electrons. The molecule has 0 aromatic rings. The van der Waals surface area contributed by atoms with Gasteiger partial charge in [-0.05, 0) is 57.8 Å². The molecule has 0 N–H and O–H groups in total. The van der Waals surface area contributed by atoms with Gasteiger partial charge in [0.15, 0.2) is 6.10 Å². The summed E-state index contributed by atoms with van der Waals surface area (Å²) in [5, 5.41) is 0. The van der Waals surface area contributed by atoms with E-state index >= 15 is 0 Å². The van der Waals surface area contributed by atoms with E-state index < -0.39 is 6.10 Å². The van der Waals surface area contributed by atoms with Crippen LogP contribution >= 0.6 is 0 Å². The normalized spacial score (nSPS) is 12.3. The van der Waals surface area contributed by atoms with Gasteiger partial charge in [-0.2, -0.15) is 0 Å². The van der Waals surface area contributed by atoms with Gasteiger partial charge in [0.25, 0.3) is 0 Å². The van der Waals surface area contributed by atoms with Crippen molar-refractivity contribution in [1.82, 2.24) is 0 Å². The molecule has 0 aliphatic rings. The number of ether oxygens (including phenoxy) is 3. The SMILES string of the molecule is CC/C=C\C/C=C\C/C=C\C/C=C\CCCCCCCCC(=O)OCC(COC(=O)CCCCCCCCCCCCCCCC)OC(=O)CCCCCCCCCCCCCCCCCCCCC. The number of esters is 3. The number of hydrogen-bond acceptors (Lipinski definition) is 6. The molecule has 0 rings (SSSR count). The van der Waals surface area contributed by atoms with Crippen LogP contribution in [0.1, 0.15) is 323 Å². The molecule has 6 nitrogen and oxygen atoms in total. The lowest BCUT2D eigenvalue weighted by molar-refractivity contribution is -0.167. The fourth-order valence-corrected chi connectivity index (χ4v) is 9.02. The van der Waals surface area contributed by atoms with Crippen molar-refractivity contribution in [2.75, 3.05) is 13.2 Å². The standard InChI is InChI=1S/C64H116O6/c1-4-7-10-13-16-19-22-25-28-30-32-34-36-39-42-45-48-51-54-57-63(66)69-60-61(59-68-62(65)56-53-50-47-44-41-38-27-24-21-18-15-12-9-6-3)70-64(67)58-55-52-49-46-43-40-37-35-33-31-29-26-23-20-17-14-11-8-5-2/h7,10,16,19,25,28,32,34,61H,4-6,8-9,11-15,17-18,20-24,26-27,29-31,33,35-60H2,1-3H3/b10-7-,19-16-,28-25-,34-32-. The van der Waals surface area contributed by atoms with Crippen molar-refractivity contribution in [3.63, 3.8) is 0 Å². The smallest absolute Gasteiger partial charge is 0.306 e. The minimum atomic E-state index is -0.776. The van der Waals surface area contributed by atoms with E-state index in [0.717, 1.165) is 89.9 Å². The molecule has 408 valence electrons. The number of carbonyl (C=O) groups is 3. The van der Waals surface area contributed by atoms with Crippen LogP contribution in [0, 0.1) is 0 Å². The zero-order chi connectivity index (χ0) is 50.7. The Bertz CT molecular complexity index is 1220. The van der Waals surface area contributed by atoms with Crippen molar-refractivity contribution >= 4 is 17.9 Å². The first-order valence-electron chi connectivity index (χ1n) is 30.6. The monoisotopic (exact) mass is 981 g/mol. The summed E-state index contributed by atoms with van der Waals surface area (Å²) >= 11 is 0. The first kappa shape index (κ1) is 67.4. The number of unbranched alkanes of at least 4 members (excludes halogenated alkanes) is 37. The Hall–Kier alpha value is -2.63. The molecule has 0 aromatic heterocycles. The molecule has 0 saturated heterocycles. The zero-order valence-corrected chi connectivity index (χ0v) is 46.8. The second-order valence-corrected chi connectivity index (χ2v) is 20.6. The molecule has 0 heterocycles. The third-order valence-electron chi connectivity index (χ3n) is 13.6. The van der Waals surface area contributed by atoms with Crippen LogP contribution in [0.2, 0.25) is 0 Å². The van der Waals surface area contributed by atoms with Crippen molar-refractivity contribution in [2.24, 2.45) is 0 Å². The fourth-order valence-electron chi connectivity index (χ4n) is 9.02. The lowest BCUT2D eigenvalue weighted by atomic mass is 10.0. The molecule has 0 aromatic carbocycles. The van der Waals surface area contributed by atoms with Gasteiger partial charge in [0.2, 0.25) is 0 Å². The van der Waals surface area contributed by atoms with E-state index in [1.54, 1.807) is 0 Å². The van der Waals surface area contributed by atoms with Crippen LogP contribution in [0.15, 0.2) is 48.6 Å². The van der Waals surface area contributed by atoms with Crippen molar-refractivity contribution in [3.05, 3.63) is 48.6 Å². The minimum absolute atomic E-state index is 0.0729. The number of allylic oxidation sites excluding steroid dienone is 8. The Morgan fingerprint density at radius 2 is 0.557 bits per heavy atom. The van der Waals surface area contributed by atoms with Gasteiger partial charge in [-0.15, -0.1) is 0 Å². The van der Waals surface area contributed by atoms with Gasteiger partial charge >= 0.3 is 17.9 Å². The molecule has 0 aliphatic heterocycles. The van der Waals surface area contributed by atoms with Gasteiger partial charge in [0.1, 0.15) is 13.2 Å². The maximum absolute atomic E-state index is 12.9. The van der Waals surface area contributed by atoms with Crippen LogP contribution in [-0.2, 0) is 28.6 Å². The van der Waals surface area contributed by atoms with Gasteiger partial charge in [-0.25, -0.2) is 0 Å². The highest BCUT2D eigenvalue weighted by atomic mass is 16.6. The molecule has 70 heavy (non-hydrogen) atoms. The highest BCUT2D eigenvalue weighted by molar-refractivity contribution is 5.71. The van der Waals surface area contributed by atoms with E-state index in [0.29, 0.717) is 19.3 Å². The second-order valence-electron chi connectivity index (χ2n) is 20.6. The van der Waals surface area contributed by atoms with Crippen LogP contribution in [0.3, 0.4) is 0 Å². The fraction of sp³-hybridized carbons (Fsp3) is 0.828. The van der Waals surface area contributed by atoms with Gasteiger partial charge in [-0.1, -0.05) is 294 Å². The molecule has 0 saturated carbocycles. The number of hydrogen-bond donors (Lipinski definition) is 0. The molecule has 0 spiro atoms. The Morgan fingerprint density at radius 3 is 0.871 bits per heavy atom. The molecule has 0 amide bonds. The van der Waals surface area contributed by atoms with E-state index in [1.807, 2.05) is 0 Å². The van der Waals surface area contributed by atoms with E-state index in [2.05, 4.69) is 69.4 Å². The second kappa shape index (κ2) is 58.9. The van der Waals surface area contributed by atoms with Gasteiger partial charge in [-0.3, -0.25) is 14.4 Å². The number of rotatable bonds is 56. The van der Waals surface area contributed by atoms with Crippen LogP contribution in [0.5, 0.6) is 0 Å². The lowest BCUT2D eigenvalue weighted by Gasteiger charge is -2.18. The van der Waals surface area contributed by atoms with Crippen molar-refractivity contribution in [3.8, 4) is 0 Å². The molecule has 6 heteroatoms. The first-order valence-corrected chi connectivity index (χ1v) is 30.6. The third-order valence-corrected chi connectivity index (χ3v) is 13.6. The molecule has 0 aliphatic carbocycles. The molecular formula is C64H116O6.